The molecule has 0 saturated heterocycles. The molecular weight excluding hydrogens is 400 g/mol. The molecule has 31 heavy (non-hydrogen) atoms. The van der Waals surface area contributed by atoms with Crippen LogP contribution >= 0.6 is 0 Å². The molecule has 1 amide bonds. The number of methoxy groups -OCH3 is 3. The van der Waals surface area contributed by atoms with Crippen LogP contribution in [-0.2, 0) is 4.79 Å². The number of carboxylic acids is 1. The van der Waals surface area contributed by atoms with Crippen molar-refractivity contribution in [2.24, 2.45) is 0 Å². The lowest BCUT2D eigenvalue weighted by molar-refractivity contribution is -0.116. The summed E-state index contributed by atoms with van der Waals surface area (Å²) in [6.07, 6.45) is 1.70. The third kappa shape index (κ3) is 3.56. The van der Waals surface area contributed by atoms with Crippen LogP contribution in [0, 0.1) is 0 Å². The predicted molar refractivity (Wildman–Crippen MR) is 114 cm³/mol. The average molecular weight is 422 g/mol. The van der Waals surface area contributed by atoms with E-state index < -0.39 is 5.97 Å². The van der Waals surface area contributed by atoms with Crippen LogP contribution in [0.15, 0.2) is 48.7 Å². The number of aromatic nitrogens is 1. The van der Waals surface area contributed by atoms with Gasteiger partial charge in [-0.2, -0.15) is 0 Å². The third-order valence-corrected chi connectivity index (χ3v) is 5.42. The number of amides is 1. The predicted octanol–water partition coefficient (Wildman–Crippen LogP) is 3.68. The Balaban J connectivity index is 1.92. The molecule has 0 bridgehead atoms. The minimum Gasteiger partial charge on any atom is -0.497 e. The van der Waals surface area contributed by atoms with E-state index in [4.69, 9.17) is 14.2 Å². The van der Waals surface area contributed by atoms with Crippen molar-refractivity contribution in [1.82, 2.24) is 4.57 Å². The first-order valence-corrected chi connectivity index (χ1v) is 9.61. The maximum absolute atomic E-state index is 12.5. The highest BCUT2D eigenvalue weighted by atomic mass is 16.5. The van der Waals surface area contributed by atoms with E-state index in [1.807, 2.05) is 24.3 Å². The number of hydrogen-bond donors (Lipinski definition) is 2. The zero-order valence-corrected chi connectivity index (χ0v) is 17.3. The summed E-state index contributed by atoms with van der Waals surface area (Å²) in [5.41, 5.74) is 2.60. The number of nitrogens with one attached hydrogen (secondary N) is 1. The monoisotopic (exact) mass is 422 g/mol. The Morgan fingerprint density at radius 1 is 1.03 bits per heavy atom. The Kier molecular flexibility index (Phi) is 5.29. The van der Waals surface area contributed by atoms with E-state index in [9.17, 15) is 14.7 Å². The number of rotatable bonds is 6. The zero-order chi connectivity index (χ0) is 22.1. The number of carbonyl (C=O) groups excluding carboxylic acids is 1. The molecule has 1 aromatic heterocycles. The quantitative estimate of drug-likeness (QED) is 0.629. The largest absolute Gasteiger partial charge is 0.497 e. The van der Waals surface area contributed by atoms with Crippen LogP contribution in [0.2, 0.25) is 0 Å². The van der Waals surface area contributed by atoms with Crippen molar-refractivity contribution in [3.63, 3.8) is 0 Å². The molecule has 0 saturated carbocycles. The van der Waals surface area contributed by atoms with Crippen LogP contribution in [0.3, 0.4) is 0 Å². The van der Waals surface area contributed by atoms with Gasteiger partial charge in [0.1, 0.15) is 11.3 Å². The first kappa shape index (κ1) is 20.3. The van der Waals surface area contributed by atoms with Crippen molar-refractivity contribution in [3.8, 4) is 22.9 Å². The molecule has 1 aliphatic heterocycles. The van der Waals surface area contributed by atoms with Gasteiger partial charge in [-0.25, -0.2) is 4.79 Å². The third-order valence-electron chi connectivity index (χ3n) is 5.42. The van der Waals surface area contributed by atoms with Crippen LogP contribution in [0.4, 0.5) is 5.69 Å². The van der Waals surface area contributed by atoms with E-state index in [1.165, 1.54) is 6.20 Å². The summed E-state index contributed by atoms with van der Waals surface area (Å²) in [6, 6.07) is 12.7. The van der Waals surface area contributed by atoms with Gasteiger partial charge in [0.25, 0.3) is 0 Å². The minimum atomic E-state index is -1.11. The molecule has 4 rings (SSSR count). The second kappa shape index (κ2) is 8.06. The molecule has 1 aliphatic rings. The number of ether oxygens (including phenoxy) is 3. The fourth-order valence-electron chi connectivity index (χ4n) is 3.93. The Morgan fingerprint density at radius 2 is 1.74 bits per heavy atom. The summed E-state index contributed by atoms with van der Waals surface area (Å²) in [4.78, 5) is 24.4. The number of hydrogen-bond acceptors (Lipinski definition) is 5. The Labute approximate surface area is 179 Å². The topological polar surface area (TPSA) is 99.0 Å². The summed E-state index contributed by atoms with van der Waals surface area (Å²) in [5.74, 6) is 0.0582. The van der Waals surface area contributed by atoms with Gasteiger partial charge in [-0.15, -0.1) is 0 Å². The molecule has 8 nitrogen and oxygen atoms in total. The van der Waals surface area contributed by atoms with Gasteiger partial charge in [0, 0.05) is 24.2 Å². The maximum atomic E-state index is 12.5. The van der Waals surface area contributed by atoms with E-state index >= 15 is 0 Å². The maximum Gasteiger partial charge on any atom is 0.339 e. The van der Waals surface area contributed by atoms with Gasteiger partial charge in [-0.05, 0) is 42.0 Å². The molecule has 2 aromatic carbocycles. The van der Waals surface area contributed by atoms with Crippen LogP contribution in [0.25, 0.3) is 5.69 Å². The molecule has 8 heteroatoms. The van der Waals surface area contributed by atoms with Gasteiger partial charge in [0.2, 0.25) is 5.91 Å². The Hall–Kier alpha value is -3.94. The van der Waals surface area contributed by atoms with Crippen molar-refractivity contribution in [2.75, 3.05) is 26.6 Å². The molecule has 0 fully saturated rings. The number of carboxylic acid groups (broad SMARTS) is 1. The van der Waals surface area contributed by atoms with Gasteiger partial charge in [0.05, 0.1) is 32.7 Å². The molecule has 0 radical (unpaired) electrons. The van der Waals surface area contributed by atoms with E-state index in [1.54, 1.807) is 44.1 Å². The summed E-state index contributed by atoms with van der Waals surface area (Å²) >= 11 is 0. The SMILES string of the molecule is COc1ccc(-n2cc(C(=O)O)c3c2[C@H](c2ccc(OC)c(OC)c2)CC(=O)N3)cc1. The van der Waals surface area contributed by atoms with Crippen LogP contribution in [-0.4, -0.2) is 42.9 Å². The van der Waals surface area contributed by atoms with Crippen LogP contribution < -0.4 is 19.5 Å². The molecule has 2 heterocycles. The smallest absolute Gasteiger partial charge is 0.339 e. The number of benzene rings is 2. The summed E-state index contributed by atoms with van der Waals surface area (Å²) in [7, 11) is 4.68. The molecule has 0 spiro atoms. The van der Waals surface area contributed by atoms with Crippen molar-refractivity contribution in [1.29, 1.82) is 0 Å². The highest BCUT2D eigenvalue weighted by Gasteiger charge is 2.34. The van der Waals surface area contributed by atoms with Gasteiger partial charge in [-0.1, -0.05) is 6.07 Å². The molecule has 2 N–H and O–H groups in total. The molecule has 160 valence electrons. The van der Waals surface area contributed by atoms with Gasteiger partial charge < -0.3 is 29.2 Å². The summed E-state index contributed by atoms with van der Waals surface area (Å²) in [6.45, 7) is 0. The number of nitrogens with zero attached hydrogens (tertiary/aromatic N) is 1. The molecular formula is C23H22N2O6. The fourth-order valence-corrected chi connectivity index (χ4v) is 3.93. The average Bonchev–Trinajstić information content (AvgIpc) is 3.17. The highest BCUT2D eigenvalue weighted by Crippen LogP contribution is 2.43. The number of aromatic carboxylic acids is 1. The lowest BCUT2D eigenvalue weighted by Gasteiger charge is -2.26. The minimum absolute atomic E-state index is 0.0318. The van der Waals surface area contributed by atoms with Crippen molar-refractivity contribution >= 4 is 17.6 Å². The second-order valence-electron chi connectivity index (χ2n) is 7.10. The molecule has 0 aliphatic carbocycles. The Morgan fingerprint density at radius 3 is 2.35 bits per heavy atom. The van der Waals surface area contributed by atoms with E-state index in [-0.39, 0.29) is 23.8 Å². The standard InChI is InChI=1S/C23H22N2O6/c1-29-15-7-5-14(6-8-15)25-12-17(23(27)28)21-22(25)16(11-20(26)24-21)13-4-9-18(30-2)19(10-13)31-3/h4-10,12,16H,11H2,1-3H3,(H,24,26)(H,27,28)/t16-/m0/s1. The number of fused-ring (bicyclic) bond motifs is 1. The normalized spacial score (nSPS) is 15.1. The van der Waals surface area contributed by atoms with Crippen molar-refractivity contribution < 1.29 is 28.9 Å². The molecule has 0 unspecified atom stereocenters. The van der Waals surface area contributed by atoms with Gasteiger partial charge in [-0.3, -0.25) is 4.79 Å². The first-order chi connectivity index (χ1) is 15.0. The van der Waals surface area contributed by atoms with Gasteiger partial charge in [0.15, 0.2) is 11.5 Å². The van der Waals surface area contributed by atoms with Crippen molar-refractivity contribution in [3.05, 3.63) is 65.5 Å². The van der Waals surface area contributed by atoms with Crippen molar-refractivity contribution in [2.45, 2.75) is 12.3 Å². The molecule has 3 aromatic rings. The zero-order valence-electron chi connectivity index (χ0n) is 17.3. The van der Waals surface area contributed by atoms with E-state index in [2.05, 4.69) is 5.32 Å². The summed E-state index contributed by atoms with van der Waals surface area (Å²) in [5, 5.41) is 12.5. The van der Waals surface area contributed by atoms with Crippen LogP contribution in [0.1, 0.15) is 34.0 Å². The first-order valence-electron chi connectivity index (χ1n) is 9.61. The summed E-state index contributed by atoms with van der Waals surface area (Å²) < 4.78 is 17.8. The highest BCUT2D eigenvalue weighted by molar-refractivity contribution is 6.04. The van der Waals surface area contributed by atoms with E-state index in [0.717, 1.165) is 11.3 Å². The van der Waals surface area contributed by atoms with E-state index in [0.29, 0.717) is 28.6 Å². The fraction of sp³-hybridized carbons (Fsp3) is 0.217. The number of carbonyl (C=O) groups is 2. The Bertz CT molecular complexity index is 1150. The van der Waals surface area contributed by atoms with Crippen LogP contribution in [0.5, 0.6) is 17.2 Å². The second-order valence-corrected chi connectivity index (χ2v) is 7.10. The van der Waals surface area contributed by atoms with Gasteiger partial charge >= 0.3 is 5.97 Å². The lowest BCUT2D eigenvalue weighted by Crippen LogP contribution is -2.25. The molecule has 1 atom stereocenters. The lowest BCUT2D eigenvalue weighted by atomic mass is 9.88. The number of anilines is 1.